The van der Waals surface area contributed by atoms with Crippen molar-refractivity contribution in [3.05, 3.63) is 57.1 Å². The SMILES string of the molecule is CCCn1c(=O)[nH]c(=O)c2cc(C(=O)Nc3cnc4c(cnn4C(C)C)c3)cnc21. The Bertz CT molecular complexity index is 1380. The number of nitrogens with one attached hydrogen (secondary N) is 2. The average molecular weight is 407 g/mol. The smallest absolute Gasteiger partial charge is 0.321 e. The van der Waals surface area contributed by atoms with Crippen LogP contribution in [0.1, 0.15) is 43.6 Å². The van der Waals surface area contributed by atoms with E-state index in [-0.39, 0.29) is 22.6 Å². The number of hydrogen-bond acceptors (Lipinski definition) is 6. The van der Waals surface area contributed by atoms with E-state index in [4.69, 9.17) is 0 Å². The number of hydrogen-bond donors (Lipinski definition) is 2. The van der Waals surface area contributed by atoms with E-state index in [0.717, 1.165) is 11.0 Å². The normalized spacial score (nSPS) is 11.5. The van der Waals surface area contributed by atoms with Gasteiger partial charge in [0.15, 0.2) is 5.65 Å². The second-order valence-electron chi connectivity index (χ2n) is 7.28. The zero-order valence-corrected chi connectivity index (χ0v) is 16.8. The highest BCUT2D eigenvalue weighted by Crippen LogP contribution is 2.19. The number of anilines is 1. The molecule has 30 heavy (non-hydrogen) atoms. The molecular formula is C20H21N7O3. The molecular weight excluding hydrogens is 386 g/mol. The largest absolute Gasteiger partial charge is 0.329 e. The molecule has 10 heteroatoms. The fourth-order valence-corrected chi connectivity index (χ4v) is 3.31. The lowest BCUT2D eigenvalue weighted by Gasteiger charge is -2.09. The molecule has 0 spiro atoms. The van der Waals surface area contributed by atoms with Crippen LogP contribution in [0.5, 0.6) is 0 Å². The lowest BCUT2D eigenvalue weighted by Crippen LogP contribution is -2.31. The topological polar surface area (TPSA) is 128 Å². The second-order valence-corrected chi connectivity index (χ2v) is 7.28. The summed E-state index contributed by atoms with van der Waals surface area (Å²) in [6, 6.07) is 3.39. The Morgan fingerprint density at radius 1 is 1.13 bits per heavy atom. The zero-order valence-electron chi connectivity index (χ0n) is 16.8. The van der Waals surface area contributed by atoms with Gasteiger partial charge in [0.05, 0.1) is 29.0 Å². The Morgan fingerprint density at radius 3 is 2.63 bits per heavy atom. The van der Waals surface area contributed by atoms with Gasteiger partial charge < -0.3 is 5.32 Å². The number of carbonyl (C=O) groups is 1. The molecule has 4 aromatic rings. The highest BCUT2D eigenvalue weighted by atomic mass is 16.2. The highest BCUT2D eigenvalue weighted by molar-refractivity contribution is 6.06. The molecule has 0 saturated heterocycles. The molecule has 0 aliphatic heterocycles. The molecule has 0 saturated carbocycles. The molecule has 0 aliphatic carbocycles. The first-order chi connectivity index (χ1) is 14.4. The van der Waals surface area contributed by atoms with Crippen molar-refractivity contribution in [3.8, 4) is 0 Å². The van der Waals surface area contributed by atoms with E-state index >= 15 is 0 Å². The van der Waals surface area contributed by atoms with Crippen LogP contribution in [0.2, 0.25) is 0 Å². The third-order valence-electron chi connectivity index (χ3n) is 4.72. The molecule has 4 aromatic heterocycles. The predicted molar refractivity (Wildman–Crippen MR) is 113 cm³/mol. The first-order valence-electron chi connectivity index (χ1n) is 9.66. The van der Waals surface area contributed by atoms with Crippen molar-refractivity contribution in [1.29, 1.82) is 0 Å². The van der Waals surface area contributed by atoms with Crippen LogP contribution in [0, 0.1) is 0 Å². The number of amides is 1. The van der Waals surface area contributed by atoms with E-state index in [2.05, 4.69) is 25.4 Å². The first kappa shape index (κ1) is 19.5. The van der Waals surface area contributed by atoms with E-state index in [0.29, 0.717) is 18.7 Å². The summed E-state index contributed by atoms with van der Waals surface area (Å²) in [6.07, 6.45) is 5.31. The van der Waals surface area contributed by atoms with Gasteiger partial charge in [-0.15, -0.1) is 0 Å². The number of aromatic amines is 1. The molecule has 2 N–H and O–H groups in total. The number of H-pyrrole nitrogens is 1. The third kappa shape index (κ3) is 3.36. The van der Waals surface area contributed by atoms with Gasteiger partial charge in [0.25, 0.3) is 11.5 Å². The monoisotopic (exact) mass is 407 g/mol. The minimum atomic E-state index is -0.575. The van der Waals surface area contributed by atoms with E-state index < -0.39 is 17.2 Å². The van der Waals surface area contributed by atoms with Crippen LogP contribution in [0.4, 0.5) is 5.69 Å². The van der Waals surface area contributed by atoms with Gasteiger partial charge in [-0.25, -0.2) is 19.4 Å². The van der Waals surface area contributed by atoms with Crippen LogP contribution in [0.25, 0.3) is 22.1 Å². The molecule has 0 atom stereocenters. The number of fused-ring (bicyclic) bond motifs is 2. The van der Waals surface area contributed by atoms with Crippen LogP contribution in [-0.2, 0) is 6.54 Å². The van der Waals surface area contributed by atoms with Crippen molar-refractivity contribution in [2.75, 3.05) is 5.32 Å². The molecule has 0 radical (unpaired) electrons. The van der Waals surface area contributed by atoms with E-state index in [1.807, 2.05) is 20.8 Å². The Kier molecular flexibility index (Phi) is 4.90. The summed E-state index contributed by atoms with van der Waals surface area (Å²) in [5.74, 6) is -0.436. The molecule has 0 fully saturated rings. The van der Waals surface area contributed by atoms with Gasteiger partial charge in [-0.05, 0) is 32.4 Å². The highest BCUT2D eigenvalue weighted by Gasteiger charge is 2.14. The quantitative estimate of drug-likeness (QED) is 0.521. The van der Waals surface area contributed by atoms with Crippen molar-refractivity contribution in [2.24, 2.45) is 0 Å². The van der Waals surface area contributed by atoms with Crippen molar-refractivity contribution < 1.29 is 4.79 Å². The summed E-state index contributed by atoms with van der Waals surface area (Å²) >= 11 is 0. The lowest BCUT2D eigenvalue weighted by atomic mass is 10.2. The van der Waals surface area contributed by atoms with Crippen LogP contribution >= 0.6 is 0 Å². The predicted octanol–water partition coefficient (Wildman–Crippen LogP) is 2.07. The van der Waals surface area contributed by atoms with Crippen molar-refractivity contribution in [2.45, 2.75) is 39.8 Å². The summed E-state index contributed by atoms with van der Waals surface area (Å²) < 4.78 is 3.19. The summed E-state index contributed by atoms with van der Waals surface area (Å²) in [4.78, 5) is 47.9. The Labute approximate surface area is 170 Å². The van der Waals surface area contributed by atoms with Gasteiger partial charge in [0.2, 0.25) is 0 Å². The van der Waals surface area contributed by atoms with Gasteiger partial charge in [-0.1, -0.05) is 6.92 Å². The van der Waals surface area contributed by atoms with E-state index in [1.165, 1.54) is 16.8 Å². The number of carbonyl (C=O) groups excluding carboxylic acids is 1. The molecule has 154 valence electrons. The first-order valence-corrected chi connectivity index (χ1v) is 9.66. The Hall–Kier alpha value is -3.82. The van der Waals surface area contributed by atoms with Gasteiger partial charge in [-0.2, -0.15) is 5.10 Å². The minimum absolute atomic E-state index is 0.169. The number of nitrogens with zero attached hydrogens (tertiary/aromatic N) is 5. The number of rotatable bonds is 5. The zero-order chi connectivity index (χ0) is 21.4. The summed E-state index contributed by atoms with van der Waals surface area (Å²) in [5.41, 5.74) is 0.602. The summed E-state index contributed by atoms with van der Waals surface area (Å²) in [6.45, 7) is 6.36. The fourth-order valence-electron chi connectivity index (χ4n) is 3.31. The van der Waals surface area contributed by atoms with Crippen LogP contribution in [0.3, 0.4) is 0 Å². The molecule has 0 aromatic carbocycles. The lowest BCUT2D eigenvalue weighted by molar-refractivity contribution is 0.102. The standard InChI is InChI=1S/C20H21N7O3/c1-4-5-26-17-15(19(29)25-20(26)30)7-13(8-21-17)18(28)24-14-6-12-9-23-27(11(2)3)16(12)22-10-14/h6-11H,4-5H2,1-3H3,(H,24,28)(H,25,29,30). The maximum atomic E-state index is 12.7. The Morgan fingerprint density at radius 2 is 1.90 bits per heavy atom. The van der Waals surface area contributed by atoms with Gasteiger partial charge in [0.1, 0.15) is 5.65 Å². The molecule has 1 amide bonds. The maximum Gasteiger partial charge on any atom is 0.329 e. The van der Waals surface area contributed by atoms with Gasteiger partial charge >= 0.3 is 5.69 Å². The summed E-state index contributed by atoms with van der Waals surface area (Å²) in [7, 11) is 0. The number of aryl methyl sites for hydroxylation is 1. The van der Waals surface area contributed by atoms with Crippen molar-refractivity contribution in [1.82, 2.24) is 29.3 Å². The number of pyridine rings is 2. The van der Waals surface area contributed by atoms with Gasteiger partial charge in [-0.3, -0.25) is 19.1 Å². The molecule has 4 rings (SSSR count). The van der Waals surface area contributed by atoms with E-state index in [1.54, 1.807) is 23.1 Å². The van der Waals surface area contributed by atoms with Crippen LogP contribution in [-0.4, -0.2) is 35.2 Å². The molecule has 0 unspecified atom stereocenters. The average Bonchev–Trinajstić information content (AvgIpc) is 3.14. The Balaban J connectivity index is 1.67. The minimum Gasteiger partial charge on any atom is -0.321 e. The van der Waals surface area contributed by atoms with Crippen molar-refractivity contribution >= 4 is 33.7 Å². The maximum absolute atomic E-state index is 12.7. The number of aromatic nitrogens is 6. The third-order valence-corrected chi connectivity index (χ3v) is 4.72. The molecule has 4 heterocycles. The van der Waals surface area contributed by atoms with E-state index in [9.17, 15) is 14.4 Å². The van der Waals surface area contributed by atoms with Crippen molar-refractivity contribution in [3.63, 3.8) is 0 Å². The van der Waals surface area contributed by atoms with Crippen LogP contribution < -0.4 is 16.6 Å². The molecule has 0 aliphatic rings. The summed E-state index contributed by atoms with van der Waals surface area (Å²) in [5, 5.41) is 8.06. The van der Waals surface area contributed by atoms with Gasteiger partial charge in [0, 0.05) is 24.2 Å². The second kappa shape index (κ2) is 7.54. The molecule has 10 nitrogen and oxygen atoms in total. The van der Waals surface area contributed by atoms with Crippen LogP contribution in [0.15, 0.2) is 40.3 Å². The fraction of sp³-hybridized carbons (Fsp3) is 0.300. The molecule has 0 bridgehead atoms.